The minimum absolute atomic E-state index is 0.0498. The Hall–Kier alpha value is -3.27. The number of ether oxygens (including phenoxy) is 2. The van der Waals surface area contributed by atoms with Crippen LogP contribution in [0.5, 0.6) is 11.5 Å². The molecule has 0 unspecified atom stereocenters. The second-order valence-electron chi connectivity index (χ2n) is 10.1. The van der Waals surface area contributed by atoms with Gasteiger partial charge in [0.25, 0.3) is 0 Å². The quantitative estimate of drug-likeness (QED) is 0.448. The van der Waals surface area contributed by atoms with Crippen molar-refractivity contribution in [2.45, 2.75) is 63.2 Å². The zero-order valence-electron chi connectivity index (χ0n) is 19.7. The van der Waals surface area contributed by atoms with E-state index in [0.717, 1.165) is 35.6 Å². The molecule has 3 aromatic carbocycles. The Balaban J connectivity index is 1.21. The summed E-state index contributed by atoms with van der Waals surface area (Å²) in [5, 5.41) is 3.20. The highest BCUT2D eigenvalue weighted by atomic mass is 16.7. The molecule has 0 saturated heterocycles. The lowest BCUT2D eigenvalue weighted by atomic mass is 9.83. The van der Waals surface area contributed by atoms with Crippen molar-refractivity contribution in [1.29, 1.82) is 0 Å². The van der Waals surface area contributed by atoms with Gasteiger partial charge >= 0.3 is 0 Å². The lowest BCUT2D eigenvalue weighted by Crippen LogP contribution is -2.27. The molecule has 1 amide bonds. The number of fused-ring (bicyclic) bond motifs is 1. The molecule has 34 heavy (non-hydrogen) atoms. The highest BCUT2D eigenvalue weighted by Gasteiger charge is 2.51. The summed E-state index contributed by atoms with van der Waals surface area (Å²) in [5.74, 6) is 2.23. The van der Waals surface area contributed by atoms with Gasteiger partial charge in [-0.05, 0) is 90.6 Å². The Kier molecular flexibility index (Phi) is 5.32. The maximum atomic E-state index is 13.4. The number of hydrogen-bond donors (Lipinski definition) is 1. The molecule has 6 rings (SSSR count). The zero-order chi connectivity index (χ0) is 23.1. The molecule has 0 atom stereocenters. The first-order valence-corrected chi connectivity index (χ1v) is 12.5. The lowest BCUT2D eigenvalue weighted by molar-refractivity contribution is -0.118. The molecule has 2 fully saturated rings. The van der Waals surface area contributed by atoms with Crippen LogP contribution in [0.1, 0.15) is 67.6 Å². The zero-order valence-corrected chi connectivity index (χ0v) is 19.7. The summed E-state index contributed by atoms with van der Waals surface area (Å²) in [7, 11) is 0. The molecule has 4 nitrogen and oxygen atoms in total. The standard InChI is InChI=1S/C30H31NO3/c1-20-7-13-25(18-26(20)23-10-8-22(9-11-23)21-5-3-2-4-6-21)31-29(32)30(15-16-30)24-12-14-27-28(17-24)34-19-33-27/h7-14,17-18,21H,2-6,15-16,19H2,1H3,(H,31,32). The van der Waals surface area contributed by atoms with Crippen molar-refractivity contribution in [1.82, 2.24) is 0 Å². The predicted molar refractivity (Wildman–Crippen MR) is 135 cm³/mol. The summed E-state index contributed by atoms with van der Waals surface area (Å²) in [4.78, 5) is 13.4. The van der Waals surface area contributed by atoms with Crippen LogP contribution >= 0.6 is 0 Å². The summed E-state index contributed by atoms with van der Waals surface area (Å²) in [5.41, 5.74) is 6.40. The number of rotatable bonds is 5. The van der Waals surface area contributed by atoms with Crippen LogP contribution in [-0.2, 0) is 10.2 Å². The molecule has 1 aliphatic heterocycles. The smallest absolute Gasteiger partial charge is 0.235 e. The van der Waals surface area contributed by atoms with E-state index in [-0.39, 0.29) is 12.7 Å². The van der Waals surface area contributed by atoms with Crippen molar-refractivity contribution in [2.24, 2.45) is 0 Å². The Bertz CT molecular complexity index is 1220. The van der Waals surface area contributed by atoms with Gasteiger partial charge < -0.3 is 14.8 Å². The van der Waals surface area contributed by atoms with Crippen molar-refractivity contribution < 1.29 is 14.3 Å². The van der Waals surface area contributed by atoms with Crippen LogP contribution in [0.15, 0.2) is 60.7 Å². The maximum Gasteiger partial charge on any atom is 0.235 e. The number of anilines is 1. The van der Waals surface area contributed by atoms with Crippen molar-refractivity contribution in [3.8, 4) is 22.6 Å². The third kappa shape index (κ3) is 3.85. The predicted octanol–water partition coefficient (Wildman–Crippen LogP) is 7.11. The first kappa shape index (κ1) is 21.3. The Morgan fingerprint density at radius 2 is 1.65 bits per heavy atom. The van der Waals surface area contributed by atoms with Gasteiger partial charge in [-0.2, -0.15) is 0 Å². The van der Waals surface area contributed by atoms with Gasteiger partial charge in [0.2, 0.25) is 12.7 Å². The van der Waals surface area contributed by atoms with Gasteiger partial charge in [-0.15, -0.1) is 0 Å². The van der Waals surface area contributed by atoms with Crippen LogP contribution in [-0.4, -0.2) is 12.7 Å². The molecular weight excluding hydrogens is 422 g/mol. The number of hydrogen-bond acceptors (Lipinski definition) is 3. The van der Waals surface area contributed by atoms with Crippen molar-refractivity contribution in [2.75, 3.05) is 12.1 Å². The largest absolute Gasteiger partial charge is 0.454 e. The van der Waals surface area contributed by atoms with E-state index < -0.39 is 5.41 Å². The van der Waals surface area contributed by atoms with Gasteiger partial charge in [0.15, 0.2) is 11.5 Å². The number of nitrogens with one attached hydrogen (secondary N) is 1. The van der Waals surface area contributed by atoms with Crippen molar-refractivity contribution in [3.05, 3.63) is 77.4 Å². The van der Waals surface area contributed by atoms with Gasteiger partial charge in [-0.3, -0.25) is 4.79 Å². The molecule has 3 aromatic rings. The van der Waals surface area contributed by atoms with Gasteiger partial charge in [-0.1, -0.05) is 55.7 Å². The van der Waals surface area contributed by atoms with Gasteiger partial charge in [0, 0.05) is 5.69 Å². The fraction of sp³-hybridized carbons (Fsp3) is 0.367. The molecule has 1 N–H and O–H groups in total. The second-order valence-corrected chi connectivity index (χ2v) is 10.1. The van der Waals surface area contributed by atoms with E-state index in [1.54, 1.807) is 0 Å². The van der Waals surface area contributed by atoms with E-state index >= 15 is 0 Å². The SMILES string of the molecule is Cc1ccc(NC(=O)C2(c3ccc4c(c3)OCO4)CC2)cc1-c1ccc(C2CCCCC2)cc1. The Morgan fingerprint density at radius 3 is 2.41 bits per heavy atom. The number of aryl methyl sites for hydroxylation is 1. The molecular formula is C30H31NO3. The van der Waals surface area contributed by atoms with Crippen LogP contribution in [0.3, 0.4) is 0 Å². The van der Waals surface area contributed by atoms with E-state index in [1.165, 1.54) is 54.4 Å². The van der Waals surface area contributed by atoms with Gasteiger partial charge in [0.05, 0.1) is 5.41 Å². The molecule has 0 aromatic heterocycles. The first-order chi connectivity index (χ1) is 16.6. The van der Waals surface area contributed by atoms with E-state index in [0.29, 0.717) is 5.92 Å². The fourth-order valence-corrected chi connectivity index (χ4v) is 5.60. The van der Waals surface area contributed by atoms with Crippen LogP contribution in [0.2, 0.25) is 0 Å². The number of carbonyl (C=O) groups is 1. The van der Waals surface area contributed by atoms with Crippen molar-refractivity contribution in [3.63, 3.8) is 0 Å². The molecule has 1 heterocycles. The maximum absolute atomic E-state index is 13.4. The average Bonchev–Trinajstić information content (AvgIpc) is 3.56. The summed E-state index contributed by atoms with van der Waals surface area (Å²) < 4.78 is 11.0. The third-order valence-corrected chi connectivity index (χ3v) is 7.90. The topological polar surface area (TPSA) is 47.6 Å². The van der Waals surface area contributed by atoms with Gasteiger partial charge in [0.1, 0.15) is 0 Å². The summed E-state index contributed by atoms with van der Waals surface area (Å²) in [6.45, 7) is 2.37. The Morgan fingerprint density at radius 1 is 0.882 bits per heavy atom. The molecule has 174 valence electrons. The van der Waals surface area contributed by atoms with Crippen LogP contribution in [0, 0.1) is 6.92 Å². The number of carbonyl (C=O) groups excluding carboxylic acids is 1. The minimum Gasteiger partial charge on any atom is -0.454 e. The van der Waals surface area contributed by atoms with Crippen molar-refractivity contribution >= 4 is 11.6 Å². The first-order valence-electron chi connectivity index (χ1n) is 12.5. The average molecular weight is 454 g/mol. The molecule has 0 radical (unpaired) electrons. The lowest BCUT2D eigenvalue weighted by Gasteiger charge is -2.22. The summed E-state index contributed by atoms with van der Waals surface area (Å²) >= 11 is 0. The highest BCUT2D eigenvalue weighted by molar-refractivity contribution is 6.02. The Labute approximate surface area is 201 Å². The molecule has 0 spiro atoms. The second kappa shape index (κ2) is 8.50. The third-order valence-electron chi connectivity index (χ3n) is 7.90. The minimum atomic E-state index is -0.478. The molecule has 3 aliphatic rings. The fourth-order valence-electron chi connectivity index (χ4n) is 5.60. The van der Waals surface area contributed by atoms with E-state index in [4.69, 9.17) is 9.47 Å². The van der Waals surface area contributed by atoms with E-state index in [1.807, 2.05) is 24.3 Å². The monoisotopic (exact) mass is 453 g/mol. The molecule has 0 bridgehead atoms. The molecule has 4 heteroatoms. The van der Waals surface area contributed by atoms with E-state index in [9.17, 15) is 4.79 Å². The number of benzene rings is 3. The summed E-state index contributed by atoms with van der Waals surface area (Å²) in [6.07, 6.45) is 8.39. The highest BCUT2D eigenvalue weighted by Crippen LogP contribution is 2.51. The molecule has 2 aliphatic carbocycles. The van der Waals surface area contributed by atoms with Crippen LogP contribution < -0.4 is 14.8 Å². The molecule has 2 saturated carbocycles. The van der Waals surface area contributed by atoms with Gasteiger partial charge in [-0.25, -0.2) is 0 Å². The summed E-state index contributed by atoms with van der Waals surface area (Å²) in [6, 6.07) is 21.2. The van der Waals surface area contributed by atoms with Crippen LogP contribution in [0.25, 0.3) is 11.1 Å². The normalized spacial score (nSPS) is 18.5. The number of amides is 1. The van der Waals surface area contributed by atoms with Crippen LogP contribution in [0.4, 0.5) is 5.69 Å². The van der Waals surface area contributed by atoms with E-state index in [2.05, 4.69) is 48.6 Å².